The van der Waals surface area contributed by atoms with Gasteiger partial charge in [-0.05, 0) is 44.6 Å². The van der Waals surface area contributed by atoms with Crippen LogP contribution in [0, 0.1) is 5.41 Å². The lowest BCUT2D eigenvalue weighted by atomic mass is 9.88. The molecular weight excluding hydrogens is 532 g/mol. The third-order valence-electron chi connectivity index (χ3n) is 6.39. The van der Waals surface area contributed by atoms with Gasteiger partial charge in [-0.15, -0.1) is 0 Å². The molecule has 2 heterocycles. The second-order valence-electron chi connectivity index (χ2n) is 10.9. The van der Waals surface area contributed by atoms with E-state index in [4.69, 9.17) is 16.3 Å². The number of nitrogens with one attached hydrogen (secondary N) is 2. The summed E-state index contributed by atoms with van der Waals surface area (Å²) in [6, 6.07) is 10.8. The van der Waals surface area contributed by atoms with E-state index in [0.29, 0.717) is 23.9 Å². The van der Waals surface area contributed by atoms with Gasteiger partial charge in [0.2, 0.25) is 11.8 Å². The molecule has 0 fully saturated rings. The first-order valence-electron chi connectivity index (χ1n) is 13.2. The van der Waals surface area contributed by atoms with Gasteiger partial charge in [0.25, 0.3) is 11.5 Å². The van der Waals surface area contributed by atoms with Gasteiger partial charge in [0.1, 0.15) is 11.3 Å². The number of aromatic nitrogens is 3. The van der Waals surface area contributed by atoms with Crippen LogP contribution in [0.3, 0.4) is 0 Å². The first-order valence-corrected chi connectivity index (χ1v) is 13.6. The number of anilines is 1. The number of ether oxygens (including phenoxy) is 1. The molecule has 0 aliphatic rings. The molecule has 0 unspecified atom stereocenters. The van der Waals surface area contributed by atoms with E-state index in [9.17, 15) is 14.4 Å². The Morgan fingerprint density at radius 3 is 2.50 bits per heavy atom. The van der Waals surface area contributed by atoms with E-state index >= 15 is 0 Å². The lowest BCUT2D eigenvalue weighted by Gasteiger charge is -2.25. The molecule has 0 aliphatic heterocycles. The highest BCUT2D eigenvalue weighted by molar-refractivity contribution is 6.30. The fraction of sp³-hybridized carbons (Fsp3) is 0.448. The number of likely N-dealkylation sites (N-methyl/N-ethyl adjacent to an activating group) is 1. The van der Waals surface area contributed by atoms with E-state index in [1.165, 1.54) is 12.3 Å². The maximum Gasteiger partial charge on any atom is 0.295 e. The molecule has 0 bridgehead atoms. The first kappa shape index (κ1) is 30.9. The van der Waals surface area contributed by atoms with Gasteiger partial charge in [0, 0.05) is 38.7 Å². The summed E-state index contributed by atoms with van der Waals surface area (Å²) in [5.41, 5.74) is 1.00. The quantitative estimate of drug-likeness (QED) is 0.340. The Kier molecular flexibility index (Phi) is 10.2. The van der Waals surface area contributed by atoms with Crippen LogP contribution in [0.5, 0.6) is 5.88 Å². The van der Waals surface area contributed by atoms with Crippen molar-refractivity contribution >= 4 is 29.1 Å². The van der Waals surface area contributed by atoms with Gasteiger partial charge in [0.05, 0.1) is 23.0 Å². The first-order chi connectivity index (χ1) is 18.8. The Labute approximate surface area is 240 Å². The molecule has 0 saturated carbocycles. The third-order valence-corrected chi connectivity index (χ3v) is 6.60. The van der Waals surface area contributed by atoms with E-state index < -0.39 is 11.3 Å². The molecule has 1 aromatic carbocycles. The molecule has 11 heteroatoms. The minimum absolute atomic E-state index is 0.0360. The number of pyridine rings is 1. The van der Waals surface area contributed by atoms with Crippen LogP contribution in [-0.2, 0) is 11.8 Å². The Bertz CT molecular complexity index is 1400. The second kappa shape index (κ2) is 13.1. The topological polar surface area (TPSA) is 110 Å². The molecule has 40 heavy (non-hydrogen) atoms. The number of benzene rings is 1. The van der Waals surface area contributed by atoms with Crippen LogP contribution >= 0.6 is 11.6 Å². The second-order valence-corrected chi connectivity index (χ2v) is 11.3. The largest absolute Gasteiger partial charge is 0.477 e. The van der Waals surface area contributed by atoms with Crippen molar-refractivity contribution in [1.82, 2.24) is 24.6 Å². The molecule has 216 valence electrons. The highest BCUT2D eigenvalue weighted by Crippen LogP contribution is 2.27. The summed E-state index contributed by atoms with van der Waals surface area (Å²) in [7, 11) is 5.76. The lowest BCUT2D eigenvalue weighted by Crippen LogP contribution is -2.37. The maximum atomic E-state index is 13.6. The van der Waals surface area contributed by atoms with E-state index in [0.717, 1.165) is 5.69 Å². The number of amides is 2. The summed E-state index contributed by atoms with van der Waals surface area (Å²) in [5, 5.41) is 6.08. The van der Waals surface area contributed by atoms with Crippen molar-refractivity contribution < 1.29 is 14.3 Å². The SMILES string of the molecule is CCOc1ncc(Cl)cc1C(=O)NCC(C)(C)CC(=O)Nc1c([C@@H](C)CN(C)C)n(C)n(-c2ccccc2)c1=O. The van der Waals surface area contributed by atoms with Crippen LogP contribution in [0.15, 0.2) is 47.4 Å². The fourth-order valence-electron chi connectivity index (χ4n) is 4.73. The van der Waals surface area contributed by atoms with Crippen LogP contribution in [-0.4, -0.2) is 64.9 Å². The maximum absolute atomic E-state index is 13.6. The number of carbonyl (C=O) groups is 2. The molecule has 2 aromatic heterocycles. The average Bonchev–Trinajstić information content (AvgIpc) is 3.12. The van der Waals surface area contributed by atoms with E-state index in [1.54, 1.807) is 11.6 Å². The summed E-state index contributed by atoms with van der Waals surface area (Å²) in [6.07, 6.45) is 1.49. The minimum atomic E-state index is -0.625. The Morgan fingerprint density at radius 2 is 1.88 bits per heavy atom. The molecule has 2 N–H and O–H groups in total. The average molecular weight is 571 g/mol. The minimum Gasteiger partial charge on any atom is -0.477 e. The van der Waals surface area contributed by atoms with E-state index in [-0.39, 0.29) is 47.5 Å². The number of rotatable bonds is 12. The number of hydrogen-bond donors (Lipinski definition) is 2. The molecule has 1 atom stereocenters. The zero-order valence-corrected chi connectivity index (χ0v) is 25.0. The Morgan fingerprint density at radius 1 is 1.20 bits per heavy atom. The summed E-state index contributed by atoms with van der Waals surface area (Å²) < 4.78 is 8.83. The van der Waals surface area contributed by atoms with Crippen LogP contribution in [0.1, 0.15) is 56.1 Å². The molecule has 3 rings (SSSR count). The summed E-state index contributed by atoms with van der Waals surface area (Å²) >= 11 is 6.04. The normalized spacial score (nSPS) is 12.3. The Balaban J connectivity index is 1.80. The summed E-state index contributed by atoms with van der Waals surface area (Å²) in [6.45, 7) is 8.80. The van der Waals surface area contributed by atoms with Crippen molar-refractivity contribution in [2.75, 3.05) is 39.1 Å². The van der Waals surface area contributed by atoms with Crippen molar-refractivity contribution in [3.63, 3.8) is 0 Å². The van der Waals surface area contributed by atoms with Gasteiger partial charge in [-0.3, -0.25) is 19.1 Å². The van der Waals surface area contributed by atoms with Crippen molar-refractivity contribution in [2.45, 2.75) is 40.0 Å². The van der Waals surface area contributed by atoms with Gasteiger partial charge < -0.3 is 20.3 Å². The zero-order valence-electron chi connectivity index (χ0n) is 24.2. The number of carbonyl (C=O) groups excluding carboxylic acids is 2. The summed E-state index contributed by atoms with van der Waals surface area (Å²) in [4.78, 5) is 45.9. The van der Waals surface area contributed by atoms with E-state index in [1.807, 2.05) is 81.8 Å². The van der Waals surface area contributed by atoms with Crippen LogP contribution in [0.4, 0.5) is 5.69 Å². The Hall–Kier alpha value is -3.63. The standard InChI is InChI=1S/C29H39ClN6O4/c1-8-40-27-22(14-20(30)16-31-27)26(38)32-18-29(3,4)15-23(37)33-24-25(19(2)17-34(5)6)35(7)36(28(24)39)21-12-10-9-11-13-21/h9-14,16,19H,8,15,17-18H2,1-7H3,(H,32,38)(H,33,37)/t19-/m0/s1. The summed E-state index contributed by atoms with van der Waals surface area (Å²) in [5.74, 6) is -0.565. The highest BCUT2D eigenvalue weighted by atomic mass is 35.5. The van der Waals surface area contributed by atoms with Crippen LogP contribution in [0.25, 0.3) is 5.69 Å². The van der Waals surface area contributed by atoms with Crippen molar-refractivity contribution in [2.24, 2.45) is 12.5 Å². The van der Waals surface area contributed by atoms with Gasteiger partial charge in [0.15, 0.2) is 0 Å². The van der Waals surface area contributed by atoms with E-state index in [2.05, 4.69) is 15.6 Å². The van der Waals surface area contributed by atoms with Gasteiger partial charge in [-0.1, -0.05) is 50.6 Å². The molecule has 0 saturated heterocycles. The predicted molar refractivity (Wildman–Crippen MR) is 158 cm³/mol. The number of para-hydroxylation sites is 1. The van der Waals surface area contributed by atoms with Gasteiger partial charge >= 0.3 is 0 Å². The monoisotopic (exact) mass is 570 g/mol. The molecule has 10 nitrogen and oxygen atoms in total. The van der Waals surface area contributed by atoms with Crippen molar-refractivity contribution in [3.05, 3.63) is 69.2 Å². The van der Waals surface area contributed by atoms with Gasteiger partial charge in [-0.2, -0.15) is 0 Å². The van der Waals surface area contributed by atoms with Crippen molar-refractivity contribution in [1.29, 1.82) is 0 Å². The van der Waals surface area contributed by atoms with Crippen LogP contribution in [0.2, 0.25) is 5.02 Å². The van der Waals surface area contributed by atoms with Gasteiger partial charge in [-0.25, -0.2) is 9.67 Å². The third kappa shape index (κ3) is 7.51. The van der Waals surface area contributed by atoms with Crippen LogP contribution < -0.4 is 20.9 Å². The highest BCUT2D eigenvalue weighted by Gasteiger charge is 2.28. The lowest BCUT2D eigenvalue weighted by molar-refractivity contribution is -0.118. The molecule has 0 radical (unpaired) electrons. The number of nitrogens with zero attached hydrogens (tertiary/aromatic N) is 4. The molecule has 3 aromatic rings. The van der Waals surface area contributed by atoms with Crippen molar-refractivity contribution in [3.8, 4) is 11.6 Å². The number of hydrogen-bond acceptors (Lipinski definition) is 6. The molecular formula is C29H39ClN6O4. The fourth-order valence-corrected chi connectivity index (χ4v) is 4.89. The number of halogens is 1. The molecule has 0 spiro atoms. The molecule has 2 amide bonds. The predicted octanol–water partition coefficient (Wildman–Crippen LogP) is 4.07. The molecule has 0 aliphatic carbocycles. The zero-order chi connectivity index (χ0) is 29.6. The smallest absolute Gasteiger partial charge is 0.295 e.